The molecule has 56 heavy (non-hydrogen) atoms. The summed E-state index contributed by atoms with van der Waals surface area (Å²) >= 11 is 0. The van der Waals surface area contributed by atoms with Gasteiger partial charge >= 0.3 is 11.9 Å². The molecule has 0 aliphatic carbocycles. The molecule has 0 heterocycles. The Labute approximate surface area is 347 Å². The fraction of sp³-hybridized carbons (Fsp3) is 0.725. The topological polar surface area (TPSA) is 61.8 Å². The SMILES string of the molecule is CC/C=C\C/C=C\C/C=C\C/C=C\C/C=C\C/C=C\CCC(=O)OCC(COCCCCCCCCCCCCCCCCCC)OC(=O)CCCCCCC. The lowest BCUT2D eigenvalue weighted by molar-refractivity contribution is -0.162. The number of esters is 2. The zero-order valence-electron chi connectivity index (χ0n) is 36.9. The van der Waals surface area contributed by atoms with E-state index in [1.54, 1.807) is 0 Å². The number of carbonyl (C=O) groups is 2. The van der Waals surface area contributed by atoms with Gasteiger partial charge in [-0.25, -0.2) is 0 Å². The summed E-state index contributed by atoms with van der Waals surface area (Å²) in [6.07, 6.45) is 59.5. The lowest BCUT2D eigenvalue weighted by atomic mass is 10.0. The third kappa shape index (κ3) is 44.1. The van der Waals surface area contributed by atoms with E-state index in [1.165, 1.54) is 103 Å². The molecule has 0 spiro atoms. The van der Waals surface area contributed by atoms with Crippen LogP contribution in [0.5, 0.6) is 0 Å². The molecule has 0 aliphatic heterocycles. The molecule has 0 aromatic rings. The van der Waals surface area contributed by atoms with Gasteiger partial charge in [0.25, 0.3) is 0 Å². The second-order valence-corrected chi connectivity index (χ2v) is 15.3. The maximum absolute atomic E-state index is 12.5. The van der Waals surface area contributed by atoms with Crippen LogP contribution in [0.2, 0.25) is 0 Å². The minimum Gasteiger partial charge on any atom is -0.462 e. The van der Waals surface area contributed by atoms with Crippen molar-refractivity contribution in [1.29, 1.82) is 0 Å². The van der Waals surface area contributed by atoms with Crippen molar-refractivity contribution >= 4 is 11.9 Å². The zero-order valence-corrected chi connectivity index (χ0v) is 36.9. The number of allylic oxidation sites excluding steroid dienone is 12. The van der Waals surface area contributed by atoms with Crippen LogP contribution in [-0.2, 0) is 23.8 Å². The largest absolute Gasteiger partial charge is 0.462 e. The highest BCUT2D eigenvalue weighted by atomic mass is 16.6. The van der Waals surface area contributed by atoms with E-state index in [-0.39, 0.29) is 25.2 Å². The second-order valence-electron chi connectivity index (χ2n) is 15.3. The molecular formula is C51H88O5. The molecule has 0 fully saturated rings. The smallest absolute Gasteiger partial charge is 0.306 e. The highest BCUT2D eigenvalue weighted by molar-refractivity contribution is 5.70. The summed E-state index contributed by atoms with van der Waals surface area (Å²) in [6, 6.07) is 0. The van der Waals surface area contributed by atoms with Crippen LogP contribution >= 0.6 is 0 Å². The Hall–Kier alpha value is -2.66. The molecule has 0 radical (unpaired) electrons. The molecule has 0 rings (SSSR count). The van der Waals surface area contributed by atoms with Gasteiger partial charge < -0.3 is 14.2 Å². The first-order valence-electron chi connectivity index (χ1n) is 23.5. The number of rotatable bonds is 42. The first-order chi connectivity index (χ1) is 27.6. The van der Waals surface area contributed by atoms with Gasteiger partial charge in [-0.3, -0.25) is 9.59 Å². The van der Waals surface area contributed by atoms with Crippen molar-refractivity contribution in [3.63, 3.8) is 0 Å². The number of hydrogen-bond donors (Lipinski definition) is 0. The molecule has 0 N–H and O–H groups in total. The Kier molecular flexibility index (Phi) is 44.5. The standard InChI is InChI=1S/C51H88O5/c1-4-7-10-13-15-17-19-21-23-25-26-27-28-30-32-34-36-39-41-44-50(52)55-48-49(56-51(53)45-42-38-12-9-6-3)47-54-46-43-40-37-35-33-31-29-24-22-20-18-16-14-11-8-5-2/h7,10,15,17,21,23,26-27,30,32,36,39,49H,4-6,8-9,11-14,16,18-20,22,24-25,28-29,31,33-35,37-38,40-48H2,1-3H3/b10-7-,17-15-,23-21-,27-26-,32-30-,39-36-. The summed E-state index contributed by atoms with van der Waals surface area (Å²) in [5, 5.41) is 0. The van der Waals surface area contributed by atoms with E-state index in [1.807, 2.05) is 6.08 Å². The van der Waals surface area contributed by atoms with Crippen molar-refractivity contribution in [1.82, 2.24) is 0 Å². The van der Waals surface area contributed by atoms with Gasteiger partial charge in [-0.05, 0) is 57.8 Å². The van der Waals surface area contributed by atoms with Gasteiger partial charge in [0, 0.05) is 19.4 Å². The van der Waals surface area contributed by atoms with Crippen LogP contribution < -0.4 is 0 Å². The highest BCUT2D eigenvalue weighted by Crippen LogP contribution is 2.14. The van der Waals surface area contributed by atoms with Gasteiger partial charge in [0.1, 0.15) is 6.61 Å². The maximum atomic E-state index is 12.5. The molecule has 0 amide bonds. The van der Waals surface area contributed by atoms with Crippen LogP contribution in [0.1, 0.15) is 213 Å². The van der Waals surface area contributed by atoms with E-state index in [0.717, 1.165) is 70.6 Å². The van der Waals surface area contributed by atoms with Crippen LogP contribution in [0.4, 0.5) is 0 Å². The third-order valence-electron chi connectivity index (χ3n) is 9.77. The van der Waals surface area contributed by atoms with E-state index in [2.05, 4.69) is 87.6 Å². The van der Waals surface area contributed by atoms with Gasteiger partial charge in [0.2, 0.25) is 0 Å². The number of unbranched alkanes of at least 4 members (excludes halogenated alkanes) is 19. The molecule has 0 aromatic heterocycles. The fourth-order valence-electron chi connectivity index (χ4n) is 6.30. The minimum absolute atomic E-state index is 0.0448. The summed E-state index contributed by atoms with van der Waals surface area (Å²) < 4.78 is 17.1. The van der Waals surface area contributed by atoms with Gasteiger partial charge in [-0.15, -0.1) is 0 Å². The number of carbonyl (C=O) groups excluding carboxylic acids is 2. The van der Waals surface area contributed by atoms with Crippen molar-refractivity contribution in [2.24, 2.45) is 0 Å². The minimum atomic E-state index is -0.561. The molecule has 0 saturated heterocycles. The van der Waals surface area contributed by atoms with Gasteiger partial charge in [0.15, 0.2) is 6.10 Å². The highest BCUT2D eigenvalue weighted by Gasteiger charge is 2.17. The summed E-state index contributed by atoms with van der Waals surface area (Å²) in [6.45, 7) is 7.57. The van der Waals surface area contributed by atoms with Gasteiger partial charge in [0.05, 0.1) is 6.61 Å². The second kappa shape index (κ2) is 46.7. The van der Waals surface area contributed by atoms with Crippen molar-refractivity contribution in [2.45, 2.75) is 219 Å². The summed E-state index contributed by atoms with van der Waals surface area (Å²) in [4.78, 5) is 25.0. The molecule has 0 aliphatic rings. The van der Waals surface area contributed by atoms with E-state index in [9.17, 15) is 9.59 Å². The molecule has 322 valence electrons. The number of hydrogen-bond acceptors (Lipinski definition) is 5. The van der Waals surface area contributed by atoms with Crippen LogP contribution in [0.15, 0.2) is 72.9 Å². The van der Waals surface area contributed by atoms with Crippen molar-refractivity contribution < 1.29 is 23.8 Å². The molecule has 1 unspecified atom stereocenters. The van der Waals surface area contributed by atoms with Crippen LogP contribution in [0, 0.1) is 0 Å². The maximum Gasteiger partial charge on any atom is 0.306 e. The molecule has 5 nitrogen and oxygen atoms in total. The van der Waals surface area contributed by atoms with E-state index in [0.29, 0.717) is 25.9 Å². The Morgan fingerprint density at radius 3 is 1.25 bits per heavy atom. The Bertz CT molecular complexity index is 1020. The first kappa shape index (κ1) is 53.3. The number of ether oxygens (including phenoxy) is 3. The molecule has 5 heteroatoms. The normalized spacial score (nSPS) is 12.8. The van der Waals surface area contributed by atoms with Crippen LogP contribution in [0.3, 0.4) is 0 Å². The molecule has 1 atom stereocenters. The van der Waals surface area contributed by atoms with Crippen LogP contribution in [0.25, 0.3) is 0 Å². The van der Waals surface area contributed by atoms with E-state index >= 15 is 0 Å². The van der Waals surface area contributed by atoms with E-state index < -0.39 is 6.10 Å². The van der Waals surface area contributed by atoms with Gasteiger partial charge in [-0.1, -0.05) is 216 Å². The van der Waals surface area contributed by atoms with Crippen molar-refractivity contribution in [2.75, 3.05) is 19.8 Å². The van der Waals surface area contributed by atoms with Crippen molar-refractivity contribution in [3.8, 4) is 0 Å². The predicted octanol–water partition coefficient (Wildman–Crippen LogP) is 15.6. The first-order valence-corrected chi connectivity index (χ1v) is 23.5. The van der Waals surface area contributed by atoms with E-state index in [4.69, 9.17) is 14.2 Å². The monoisotopic (exact) mass is 781 g/mol. The van der Waals surface area contributed by atoms with Crippen LogP contribution in [-0.4, -0.2) is 37.9 Å². The fourth-order valence-corrected chi connectivity index (χ4v) is 6.30. The lowest BCUT2D eigenvalue weighted by Gasteiger charge is -2.18. The third-order valence-corrected chi connectivity index (χ3v) is 9.77. The quantitative estimate of drug-likeness (QED) is 0.0351. The van der Waals surface area contributed by atoms with Gasteiger partial charge in [-0.2, -0.15) is 0 Å². The summed E-state index contributed by atoms with van der Waals surface area (Å²) in [7, 11) is 0. The lowest BCUT2D eigenvalue weighted by Crippen LogP contribution is -2.30. The zero-order chi connectivity index (χ0) is 40.7. The summed E-state index contributed by atoms with van der Waals surface area (Å²) in [5.74, 6) is -0.505. The molecule has 0 saturated carbocycles. The molecule has 0 bridgehead atoms. The molecular weight excluding hydrogens is 693 g/mol. The average Bonchev–Trinajstić information content (AvgIpc) is 3.20. The summed E-state index contributed by atoms with van der Waals surface area (Å²) in [5.41, 5.74) is 0. The predicted molar refractivity (Wildman–Crippen MR) is 242 cm³/mol. The Morgan fingerprint density at radius 2 is 0.804 bits per heavy atom. The molecule has 0 aromatic carbocycles. The average molecular weight is 781 g/mol. The van der Waals surface area contributed by atoms with Crippen molar-refractivity contribution in [3.05, 3.63) is 72.9 Å². The Balaban J connectivity index is 4.16. The Morgan fingerprint density at radius 1 is 0.411 bits per heavy atom.